The monoisotopic (exact) mass is 392 g/mol. The first-order valence-electron chi connectivity index (χ1n) is 9.85. The number of carbonyl (C=O) groups is 1. The van der Waals surface area contributed by atoms with Gasteiger partial charge in [0.15, 0.2) is 11.5 Å². The number of ether oxygens (including phenoxy) is 2. The number of H-pyrrole nitrogens is 1. The van der Waals surface area contributed by atoms with Crippen molar-refractivity contribution in [2.24, 2.45) is 0 Å². The number of rotatable bonds is 5. The lowest BCUT2D eigenvalue weighted by Gasteiger charge is -2.19. The Morgan fingerprint density at radius 3 is 2.66 bits per heavy atom. The standard InChI is InChI=1S/C23H24N2O4/c1-14(2)15-3-6-19-17(11-15)12-16(23(27)25-19)4-8-22(26)24-18-5-7-20-21(13-18)29-10-9-28-20/h3,5-7,11-14H,4,8-10H2,1-2H3,(H,24,26)(H,25,27). The Morgan fingerprint density at radius 2 is 1.86 bits per heavy atom. The first-order valence-corrected chi connectivity index (χ1v) is 9.85. The first kappa shape index (κ1) is 19.1. The Hall–Kier alpha value is -3.28. The fraction of sp³-hybridized carbons (Fsp3) is 0.304. The molecule has 29 heavy (non-hydrogen) atoms. The average Bonchev–Trinajstić information content (AvgIpc) is 2.71. The number of aromatic nitrogens is 1. The highest BCUT2D eigenvalue weighted by molar-refractivity contribution is 5.91. The fourth-order valence-electron chi connectivity index (χ4n) is 3.41. The smallest absolute Gasteiger partial charge is 0.251 e. The van der Waals surface area contributed by atoms with Crippen LogP contribution < -0.4 is 20.3 Å². The van der Waals surface area contributed by atoms with E-state index in [1.807, 2.05) is 18.2 Å². The van der Waals surface area contributed by atoms with Gasteiger partial charge in [0.1, 0.15) is 13.2 Å². The molecule has 0 atom stereocenters. The predicted octanol–water partition coefficient (Wildman–Crippen LogP) is 3.99. The normalized spacial score (nSPS) is 12.9. The van der Waals surface area contributed by atoms with Crippen LogP contribution >= 0.6 is 0 Å². The summed E-state index contributed by atoms with van der Waals surface area (Å²) in [5.41, 5.74) is 3.13. The number of hydrogen-bond acceptors (Lipinski definition) is 4. The number of pyridine rings is 1. The molecule has 1 aliphatic rings. The van der Waals surface area contributed by atoms with Crippen LogP contribution in [-0.4, -0.2) is 24.1 Å². The summed E-state index contributed by atoms with van der Waals surface area (Å²) in [6, 6.07) is 13.3. The summed E-state index contributed by atoms with van der Waals surface area (Å²) in [4.78, 5) is 27.7. The van der Waals surface area contributed by atoms with Crippen LogP contribution in [-0.2, 0) is 11.2 Å². The molecule has 4 rings (SSSR count). The summed E-state index contributed by atoms with van der Waals surface area (Å²) >= 11 is 0. The largest absolute Gasteiger partial charge is 0.486 e. The van der Waals surface area contributed by atoms with Gasteiger partial charge in [-0.25, -0.2) is 0 Å². The van der Waals surface area contributed by atoms with Gasteiger partial charge in [0.05, 0.1) is 0 Å². The third kappa shape index (κ3) is 4.26. The van der Waals surface area contributed by atoms with E-state index < -0.39 is 0 Å². The van der Waals surface area contributed by atoms with Gasteiger partial charge >= 0.3 is 0 Å². The molecule has 3 aromatic rings. The van der Waals surface area contributed by atoms with Crippen molar-refractivity contribution < 1.29 is 14.3 Å². The van der Waals surface area contributed by atoms with Gasteiger partial charge in [0.2, 0.25) is 5.91 Å². The Balaban J connectivity index is 1.45. The van der Waals surface area contributed by atoms with Crippen molar-refractivity contribution in [1.82, 2.24) is 4.98 Å². The van der Waals surface area contributed by atoms with E-state index in [2.05, 4.69) is 30.2 Å². The van der Waals surface area contributed by atoms with Crippen molar-refractivity contribution in [2.45, 2.75) is 32.6 Å². The van der Waals surface area contributed by atoms with Gasteiger partial charge in [-0.3, -0.25) is 9.59 Å². The van der Waals surface area contributed by atoms with Crippen molar-refractivity contribution in [3.8, 4) is 11.5 Å². The third-order valence-corrected chi connectivity index (χ3v) is 5.06. The van der Waals surface area contributed by atoms with Gasteiger partial charge in [0, 0.05) is 29.3 Å². The van der Waals surface area contributed by atoms with E-state index >= 15 is 0 Å². The molecule has 2 heterocycles. The molecule has 1 aromatic heterocycles. The fourth-order valence-corrected chi connectivity index (χ4v) is 3.41. The van der Waals surface area contributed by atoms with Crippen LogP contribution in [0.3, 0.4) is 0 Å². The second-order valence-electron chi connectivity index (χ2n) is 7.53. The Kier molecular flexibility index (Phi) is 5.25. The minimum atomic E-state index is -0.155. The predicted molar refractivity (Wildman–Crippen MR) is 113 cm³/mol. The van der Waals surface area contributed by atoms with Crippen LogP contribution in [0.15, 0.2) is 47.3 Å². The molecule has 0 bridgehead atoms. The second-order valence-corrected chi connectivity index (χ2v) is 7.53. The van der Waals surface area contributed by atoms with Gasteiger partial charge in [0.25, 0.3) is 5.56 Å². The molecule has 1 amide bonds. The Morgan fingerprint density at radius 1 is 1.07 bits per heavy atom. The lowest BCUT2D eigenvalue weighted by molar-refractivity contribution is -0.116. The number of hydrogen-bond donors (Lipinski definition) is 2. The Labute approximate surface area is 168 Å². The quantitative estimate of drug-likeness (QED) is 0.688. The van der Waals surface area contributed by atoms with E-state index in [0.717, 1.165) is 10.9 Å². The molecule has 0 unspecified atom stereocenters. The molecular weight excluding hydrogens is 368 g/mol. The van der Waals surface area contributed by atoms with Gasteiger partial charge in [-0.2, -0.15) is 0 Å². The summed E-state index contributed by atoms with van der Waals surface area (Å²) < 4.78 is 11.0. The molecule has 1 aliphatic heterocycles. The molecule has 0 radical (unpaired) electrons. The van der Waals surface area contributed by atoms with Gasteiger partial charge < -0.3 is 19.8 Å². The summed E-state index contributed by atoms with van der Waals surface area (Å²) in [6.07, 6.45) is 0.584. The highest BCUT2D eigenvalue weighted by Crippen LogP contribution is 2.32. The summed E-state index contributed by atoms with van der Waals surface area (Å²) in [7, 11) is 0. The van der Waals surface area contributed by atoms with Crippen LogP contribution in [0.1, 0.15) is 37.3 Å². The average molecular weight is 392 g/mol. The molecule has 6 nitrogen and oxygen atoms in total. The van der Waals surface area contributed by atoms with Gasteiger partial charge in [-0.1, -0.05) is 19.9 Å². The maximum atomic E-state index is 12.4. The molecule has 6 heteroatoms. The number of nitrogens with one attached hydrogen (secondary N) is 2. The van der Waals surface area contributed by atoms with Crippen LogP contribution in [0.25, 0.3) is 10.9 Å². The van der Waals surface area contributed by atoms with E-state index in [4.69, 9.17) is 9.47 Å². The minimum Gasteiger partial charge on any atom is -0.486 e. The highest BCUT2D eigenvalue weighted by atomic mass is 16.6. The maximum Gasteiger partial charge on any atom is 0.251 e. The van der Waals surface area contributed by atoms with E-state index in [1.165, 1.54) is 5.56 Å². The molecule has 150 valence electrons. The van der Waals surface area contributed by atoms with Crippen LogP contribution in [0.5, 0.6) is 11.5 Å². The molecule has 0 spiro atoms. The number of amides is 1. The number of carbonyl (C=O) groups excluding carboxylic acids is 1. The number of anilines is 1. The molecular formula is C23H24N2O4. The maximum absolute atomic E-state index is 12.4. The van der Waals surface area contributed by atoms with Crippen molar-refractivity contribution in [2.75, 3.05) is 18.5 Å². The first-order chi connectivity index (χ1) is 14.0. The minimum absolute atomic E-state index is 0.151. The number of fused-ring (bicyclic) bond motifs is 2. The van der Waals surface area contributed by atoms with Crippen molar-refractivity contribution >= 4 is 22.5 Å². The van der Waals surface area contributed by atoms with E-state index in [9.17, 15) is 9.59 Å². The van der Waals surface area contributed by atoms with Crippen LogP contribution in [0, 0.1) is 0 Å². The third-order valence-electron chi connectivity index (χ3n) is 5.06. The zero-order chi connectivity index (χ0) is 20.4. The lowest BCUT2D eigenvalue weighted by Crippen LogP contribution is -2.18. The summed E-state index contributed by atoms with van der Waals surface area (Å²) in [6.45, 7) is 5.29. The zero-order valence-corrected chi connectivity index (χ0v) is 16.6. The van der Waals surface area contributed by atoms with Crippen LogP contribution in [0.2, 0.25) is 0 Å². The molecule has 2 N–H and O–H groups in total. The number of aryl methyl sites for hydroxylation is 1. The second kappa shape index (κ2) is 7.99. The highest BCUT2D eigenvalue weighted by Gasteiger charge is 2.13. The van der Waals surface area contributed by atoms with Crippen LogP contribution in [0.4, 0.5) is 5.69 Å². The van der Waals surface area contributed by atoms with E-state index in [1.54, 1.807) is 18.2 Å². The summed E-state index contributed by atoms with van der Waals surface area (Å²) in [5, 5.41) is 3.84. The molecule has 0 saturated heterocycles. The Bertz CT molecular complexity index is 1120. The molecule has 0 fully saturated rings. The van der Waals surface area contributed by atoms with Crippen molar-refractivity contribution in [3.63, 3.8) is 0 Å². The van der Waals surface area contributed by atoms with E-state index in [0.29, 0.717) is 48.3 Å². The topological polar surface area (TPSA) is 80.4 Å². The lowest BCUT2D eigenvalue weighted by atomic mass is 10.00. The molecule has 2 aromatic carbocycles. The summed E-state index contributed by atoms with van der Waals surface area (Å²) in [5.74, 6) is 1.56. The van der Waals surface area contributed by atoms with Crippen molar-refractivity contribution in [3.05, 3.63) is 63.9 Å². The molecule has 0 saturated carbocycles. The SMILES string of the molecule is CC(C)c1ccc2[nH]c(=O)c(CCC(=O)Nc3ccc4c(c3)OCCO4)cc2c1. The molecule has 0 aliphatic carbocycles. The van der Waals surface area contributed by atoms with Crippen molar-refractivity contribution in [1.29, 1.82) is 0 Å². The zero-order valence-electron chi connectivity index (χ0n) is 16.6. The number of aromatic amines is 1. The van der Waals surface area contributed by atoms with E-state index in [-0.39, 0.29) is 17.9 Å². The number of benzene rings is 2. The van der Waals surface area contributed by atoms with Gasteiger partial charge in [-0.15, -0.1) is 0 Å². The van der Waals surface area contributed by atoms with Gasteiger partial charge in [-0.05, 0) is 53.6 Å².